The molecule has 0 spiro atoms. The lowest BCUT2D eigenvalue weighted by Gasteiger charge is -2.19. The summed E-state index contributed by atoms with van der Waals surface area (Å²) in [6.45, 7) is -2.12. The molecule has 2 aromatic heterocycles. The average Bonchev–Trinajstić information content (AvgIpc) is 3.68. The molecule has 17 nitrogen and oxygen atoms in total. The van der Waals surface area contributed by atoms with Crippen molar-refractivity contribution in [2.24, 2.45) is 0 Å². The van der Waals surface area contributed by atoms with Gasteiger partial charge in [0.15, 0.2) is 6.61 Å². The van der Waals surface area contributed by atoms with Gasteiger partial charge >= 0.3 is 30.0 Å². The molecule has 0 unspecified atom stereocenters. The molecule has 0 bridgehead atoms. The molecule has 3 amide bonds. The largest absolute Gasteiger partial charge is 0.467 e. The van der Waals surface area contributed by atoms with Gasteiger partial charge in [0.1, 0.15) is 18.7 Å². The lowest BCUT2D eigenvalue weighted by atomic mass is 10.1. The van der Waals surface area contributed by atoms with E-state index in [2.05, 4.69) is 51.8 Å². The SMILES string of the molecule is COC(=O)[C@H](CNC(=O)C(=O)Nn1cnnc1)NC(=O)c1ccc(Nc2nc(NC3(c4ccc(Cl)cc4)CC3)nc(OCC(F)(F)F)n2)cc1. The van der Waals surface area contributed by atoms with Crippen molar-refractivity contribution in [3.8, 4) is 6.01 Å². The third-order valence-corrected chi connectivity index (χ3v) is 7.25. The van der Waals surface area contributed by atoms with Crippen molar-refractivity contribution in [3.05, 3.63) is 77.3 Å². The molecule has 1 aliphatic carbocycles. The highest BCUT2D eigenvalue weighted by Gasteiger charge is 2.45. The van der Waals surface area contributed by atoms with Gasteiger partial charge < -0.3 is 30.7 Å². The second-order valence-corrected chi connectivity index (χ2v) is 11.1. The first-order chi connectivity index (χ1) is 23.8. The molecule has 1 fully saturated rings. The van der Waals surface area contributed by atoms with Crippen molar-refractivity contribution < 1.29 is 41.8 Å². The van der Waals surface area contributed by atoms with Gasteiger partial charge in [0.2, 0.25) is 11.9 Å². The normalized spacial score (nSPS) is 13.7. The van der Waals surface area contributed by atoms with E-state index < -0.39 is 60.6 Å². The number of halogens is 4. The van der Waals surface area contributed by atoms with Crippen LogP contribution in [0.1, 0.15) is 28.8 Å². The Morgan fingerprint density at radius 1 is 0.940 bits per heavy atom. The number of alkyl halides is 3. The van der Waals surface area contributed by atoms with Crippen LogP contribution in [0.15, 0.2) is 61.2 Å². The molecule has 4 aromatic rings. The van der Waals surface area contributed by atoms with Crippen LogP contribution in [0.2, 0.25) is 5.02 Å². The maximum Gasteiger partial charge on any atom is 0.422 e. The summed E-state index contributed by atoms with van der Waals surface area (Å²) in [6, 6.07) is 10.8. The number of rotatable bonds is 13. The molecule has 262 valence electrons. The minimum Gasteiger partial charge on any atom is -0.467 e. The fourth-order valence-electron chi connectivity index (χ4n) is 4.39. The second kappa shape index (κ2) is 15.0. The molecule has 5 N–H and O–H groups in total. The topological polar surface area (TPSA) is 216 Å². The molecular formula is C29H27ClF3N11O6. The summed E-state index contributed by atoms with van der Waals surface area (Å²) >= 11 is 6.01. The smallest absolute Gasteiger partial charge is 0.422 e. The van der Waals surface area contributed by atoms with E-state index in [4.69, 9.17) is 21.1 Å². The van der Waals surface area contributed by atoms with Gasteiger partial charge in [0, 0.05) is 22.8 Å². The maximum absolute atomic E-state index is 12.9. The van der Waals surface area contributed by atoms with Crippen molar-refractivity contribution in [3.63, 3.8) is 0 Å². The van der Waals surface area contributed by atoms with Crippen LogP contribution in [0.3, 0.4) is 0 Å². The monoisotopic (exact) mass is 717 g/mol. The fraction of sp³-hybridized carbons (Fsp3) is 0.276. The van der Waals surface area contributed by atoms with Gasteiger partial charge in [-0.2, -0.15) is 28.1 Å². The molecule has 0 saturated heterocycles. The summed E-state index contributed by atoms with van der Waals surface area (Å²) in [5.74, 6) is -4.03. The number of amides is 3. The van der Waals surface area contributed by atoms with E-state index in [9.17, 15) is 32.3 Å². The summed E-state index contributed by atoms with van der Waals surface area (Å²) in [4.78, 5) is 61.7. The third kappa shape index (κ3) is 9.52. The summed E-state index contributed by atoms with van der Waals surface area (Å²) in [6.07, 6.45) is -0.960. The van der Waals surface area contributed by atoms with Gasteiger partial charge in [0.25, 0.3) is 5.91 Å². The first kappa shape index (κ1) is 35.3. The Balaban J connectivity index is 1.25. The maximum atomic E-state index is 12.9. The van der Waals surface area contributed by atoms with Gasteiger partial charge in [0.05, 0.1) is 12.6 Å². The highest BCUT2D eigenvalue weighted by molar-refractivity contribution is 6.38. The molecule has 1 aliphatic rings. The Labute approximate surface area is 285 Å². The predicted octanol–water partition coefficient (Wildman–Crippen LogP) is 2.06. The number of nitrogens with zero attached hydrogens (tertiary/aromatic N) is 6. The number of esters is 1. The van der Waals surface area contributed by atoms with Crippen molar-refractivity contribution in [2.75, 3.05) is 36.3 Å². The van der Waals surface area contributed by atoms with Crippen molar-refractivity contribution in [1.82, 2.24) is 40.5 Å². The highest BCUT2D eigenvalue weighted by Crippen LogP contribution is 2.48. The number of carbonyl (C=O) groups excluding carboxylic acids is 4. The van der Waals surface area contributed by atoms with Crippen LogP contribution in [0.5, 0.6) is 6.01 Å². The minimum atomic E-state index is -4.64. The quantitative estimate of drug-likeness (QED) is 0.0990. The number of ether oxygens (including phenoxy) is 2. The molecule has 0 radical (unpaired) electrons. The van der Waals surface area contributed by atoms with E-state index in [1.54, 1.807) is 12.1 Å². The Kier molecular flexibility index (Phi) is 10.6. The van der Waals surface area contributed by atoms with Crippen LogP contribution in [0, 0.1) is 0 Å². The molecule has 0 aliphatic heterocycles. The van der Waals surface area contributed by atoms with Crippen molar-refractivity contribution in [2.45, 2.75) is 30.6 Å². The number of nitrogens with one attached hydrogen (secondary N) is 5. The first-order valence-electron chi connectivity index (χ1n) is 14.5. The first-order valence-corrected chi connectivity index (χ1v) is 14.9. The number of carbonyl (C=O) groups is 4. The molecule has 5 rings (SSSR count). The molecule has 2 aromatic carbocycles. The van der Waals surface area contributed by atoms with E-state index >= 15 is 0 Å². The molecule has 2 heterocycles. The van der Waals surface area contributed by atoms with Gasteiger partial charge in [-0.15, -0.1) is 10.2 Å². The number of hydrogen-bond donors (Lipinski definition) is 5. The zero-order chi connectivity index (χ0) is 35.9. The van der Waals surface area contributed by atoms with Gasteiger partial charge in [-0.05, 0) is 54.8 Å². The van der Waals surface area contributed by atoms with Crippen molar-refractivity contribution >= 4 is 52.9 Å². The summed E-state index contributed by atoms with van der Waals surface area (Å²) < 4.78 is 49.3. The zero-order valence-electron chi connectivity index (χ0n) is 25.8. The number of anilines is 3. The van der Waals surface area contributed by atoms with Gasteiger partial charge in [-0.25, -0.2) is 9.47 Å². The number of benzene rings is 2. The Morgan fingerprint density at radius 2 is 1.60 bits per heavy atom. The summed E-state index contributed by atoms with van der Waals surface area (Å²) in [5, 5.41) is 18.2. The van der Waals surface area contributed by atoms with Crippen LogP contribution in [-0.4, -0.2) is 86.0 Å². The summed E-state index contributed by atoms with van der Waals surface area (Å²) in [7, 11) is 1.08. The lowest BCUT2D eigenvalue weighted by molar-refractivity contribution is -0.154. The third-order valence-electron chi connectivity index (χ3n) is 6.99. The molecular weight excluding hydrogens is 691 g/mol. The van der Waals surface area contributed by atoms with E-state index in [1.165, 1.54) is 24.3 Å². The molecule has 21 heteroatoms. The van der Waals surface area contributed by atoms with E-state index in [0.29, 0.717) is 23.6 Å². The standard InChI is InChI=1S/C29H27ClF3N11O6/c1-49-24(48)20(12-34-22(46)23(47)43-44-14-35-36-15-44)38-21(45)16-2-8-19(9-3-16)37-25-39-26(41-27(40-25)50-13-29(31,32)33)42-28(10-11-28)17-4-6-18(30)7-5-17/h2-9,14-15,20H,10-13H2,1H3,(H,34,46)(H,38,45)(H,43,47)(H2,37,39,40,41,42)/t20-/m0/s1. The Bertz CT molecular complexity index is 1840. The molecule has 1 atom stereocenters. The molecule has 1 saturated carbocycles. The summed E-state index contributed by atoms with van der Waals surface area (Å²) in [5.41, 5.74) is 2.90. The van der Waals surface area contributed by atoms with Crippen LogP contribution >= 0.6 is 11.6 Å². The lowest BCUT2D eigenvalue weighted by Crippen LogP contribution is -2.50. The van der Waals surface area contributed by atoms with E-state index in [0.717, 1.165) is 30.0 Å². The van der Waals surface area contributed by atoms with Crippen molar-refractivity contribution in [1.29, 1.82) is 0 Å². The predicted molar refractivity (Wildman–Crippen MR) is 168 cm³/mol. The van der Waals surface area contributed by atoms with Gasteiger partial charge in [-0.3, -0.25) is 19.8 Å². The second-order valence-electron chi connectivity index (χ2n) is 10.7. The Hall–Kier alpha value is -6.05. The highest BCUT2D eigenvalue weighted by atomic mass is 35.5. The minimum absolute atomic E-state index is 0.0414. The van der Waals surface area contributed by atoms with Crippen LogP contribution in [0.25, 0.3) is 0 Å². The number of aromatic nitrogens is 6. The zero-order valence-corrected chi connectivity index (χ0v) is 26.6. The average molecular weight is 718 g/mol. The molecule has 50 heavy (non-hydrogen) atoms. The number of hydrogen-bond acceptors (Lipinski definition) is 13. The van der Waals surface area contributed by atoms with Crippen LogP contribution in [0.4, 0.5) is 30.8 Å². The number of methoxy groups -OCH3 is 1. The van der Waals surface area contributed by atoms with Gasteiger partial charge in [-0.1, -0.05) is 23.7 Å². The van der Waals surface area contributed by atoms with Crippen LogP contribution in [-0.2, 0) is 24.7 Å². The van der Waals surface area contributed by atoms with E-state index in [-0.39, 0.29) is 17.5 Å². The Morgan fingerprint density at radius 3 is 2.22 bits per heavy atom. The van der Waals surface area contributed by atoms with E-state index in [1.807, 2.05) is 12.1 Å². The fourth-order valence-corrected chi connectivity index (χ4v) is 4.51. The van der Waals surface area contributed by atoms with Crippen LogP contribution < -0.4 is 31.4 Å².